The van der Waals surface area contributed by atoms with Gasteiger partial charge in [0.1, 0.15) is 24.3 Å². The molecule has 10 rings (SSSR count). The first-order valence-electron chi connectivity index (χ1n) is 22.2. The van der Waals surface area contributed by atoms with Crippen molar-refractivity contribution in [3.8, 4) is 11.8 Å². The molecule has 0 atom stereocenters. The van der Waals surface area contributed by atoms with Crippen LogP contribution in [0, 0.1) is 10.8 Å². The zero-order valence-electron chi connectivity index (χ0n) is 38.9. The number of anilines is 8. The molecular weight excluding hydrogens is 945 g/mol. The molecule has 3 saturated heterocycles. The fraction of sp³-hybridized carbons (Fsp3) is 0.362. The second-order valence-corrected chi connectivity index (χ2v) is 25.7. The Morgan fingerprint density at radius 2 is 1.01 bits per heavy atom. The summed E-state index contributed by atoms with van der Waals surface area (Å²) in [6, 6.07) is 22.7. The first kappa shape index (κ1) is 47.4. The van der Waals surface area contributed by atoms with E-state index in [-0.39, 0.29) is 5.41 Å². The molecule has 2 aromatic carbocycles. The Morgan fingerprint density at radius 1 is 0.603 bits per heavy atom. The van der Waals surface area contributed by atoms with E-state index in [1.165, 1.54) is 25.5 Å². The number of halogens is 2. The van der Waals surface area contributed by atoms with E-state index in [1.807, 2.05) is 89.9 Å². The lowest BCUT2D eigenvalue weighted by Crippen LogP contribution is -2.77. The van der Waals surface area contributed by atoms with E-state index in [1.54, 1.807) is 47.1 Å². The highest BCUT2D eigenvalue weighted by Gasteiger charge is 2.54. The third-order valence-corrected chi connectivity index (χ3v) is 16.3. The molecule has 2 spiro atoms. The summed E-state index contributed by atoms with van der Waals surface area (Å²) < 4.78 is 46.4. The molecule has 7 heterocycles. The summed E-state index contributed by atoms with van der Waals surface area (Å²) in [7, 11) is -1.69. The minimum absolute atomic E-state index is 0.276. The molecule has 3 aliphatic heterocycles. The quantitative estimate of drug-likeness (QED) is 0.0627. The molecule has 4 N–H and O–H groups in total. The lowest BCUT2D eigenvalue weighted by molar-refractivity contribution is -0.710. The summed E-state index contributed by atoms with van der Waals surface area (Å²) in [6.45, 7) is 12.5. The van der Waals surface area contributed by atoms with Gasteiger partial charge in [0.05, 0.1) is 82.8 Å². The Bertz CT molecular complexity index is 2740. The van der Waals surface area contributed by atoms with E-state index in [0.717, 1.165) is 61.4 Å². The molecule has 4 fully saturated rings. The number of nitrogens with zero attached hydrogens (tertiary/aromatic N) is 8. The zero-order chi connectivity index (χ0) is 47.8. The van der Waals surface area contributed by atoms with Gasteiger partial charge in [0.2, 0.25) is 24.3 Å². The number of benzene rings is 2. The van der Waals surface area contributed by atoms with Gasteiger partial charge in [-0.25, -0.2) is 9.97 Å². The highest BCUT2D eigenvalue weighted by Crippen LogP contribution is 2.47. The molecule has 4 aromatic heterocycles. The molecule has 0 amide bonds. The van der Waals surface area contributed by atoms with E-state index in [0.29, 0.717) is 62.1 Å². The lowest BCUT2D eigenvalue weighted by atomic mass is 9.64. The minimum Gasteiger partial charge on any atom is -0.444 e. The summed E-state index contributed by atoms with van der Waals surface area (Å²) in [6.07, 6.45) is 11.0. The van der Waals surface area contributed by atoms with Crippen LogP contribution >= 0.6 is 37.5 Å². The van der Waals surface area contributed by atoms with Crippen LogP contribution in [-0.2, 0) is 13.9 Å². The number of hydrogen-bond donors (Lipinski definition) is 4. The van der Waals surface area contributed by atoms with Gasteiger partial charge in [-0.05, 0) is 85.3 Å². The van der Waals surface area contributed by atoms with Crippen LogP contribution in [0.5, 0.6) is 11.8 Å². The van der Waals surface area contributed by atoms with Crippen LogP contribution in [0.4, 0.5) is 46.3 Å². The number of methoxy groups -OCH3 is 2. The number of rotatable bonds is 14. The molecule has 68 heavy (non-hydrogen) atoms. The van der Waals surface area contributed by atoms with Gasteiger partial charge in [0, 0.05) is 28.2 Å². The lowest BCUT2D eigenvalue weighted by Gasteiger charge is -2.52. The average molecular weight is 1000 g/mol. The number of para-hydroxylation sites is 2. The standard InChI is InChI=1S/C24H29ClN6O2P.C23H27ClN6O3P/c1-33-22-19(9-6-13-31(22)30-15-24(16-30)11-7-12-24)28-23-26-14-17(25)21(29-23)27-18-8-4-5-10-20(18)34(2,3)32;1-32-21-18(8-6-10-30(21)29-12-23(13-29)14-33-15-23)27-22-25-11-16(24)20(28-22)26-17-7-4-5-9-19(17)34(2,3)31/h4-6,8-10,13-14H,7,11-12,15-16H2,1-3H3,(H2,26,27,28,29);4-11H,12-15H2,1-3H3,(H2,25,26,27,28)/q2*+1. The molecule has 0 unspecified atom stereocenters. The second-order valence-electron chi connectivity index (χ2n) is 18.6. The van der Waals surface area contributed by atoms with Gasteiger partial charge >= 0.3 is 11.8 Å². The van der Waals surface area contributed by atoms with E-state index in [2.05, 4.69) is 55.9 Å². The first-order valence-corrected chi connectivity index (χ1v) is 28.2. The van der Waals surface area contributed by atoms with Crippen molar-refractivity contribution in [2.24, 2.45) is 10.8 Å². The third-order valence-electron chi connectivity index (χ3n) is 12.6. The molecule has 21 heteroatoms. The van der Waals surface area contributed by atoms with Crippen molar-refractivity contribution in [3.05, 3.63) is 108 Å². The fourth-order valence-corrected chi connectivity index (χ4v) is 11.5. The van der Waals surface area contributed by atoms with Gasteiger partial charge in [-0.2, -0.15) is 20.0 Å². The van der Waals surface area contributed by atoms with Crippen molar-refractivity contribution in [2.45, 2.75) is 19.3 Å². The maximum atomic E-state index is 12.7. The second kappa shape index (κ2) is 19.0. The Morgan fingerprint density at radius 3 is 1.38 bits per heavy atom. The summed E-state index contributed by atoms with van der Waals surface area (Å²) in [4.78, 5) is 17.8. The van der Waals surface area contributed by atoms with Gasteiger partial charge in [0.15, 0.2) is 23.0 Å². The molecule has 6 aromatic rings. The SMILES string of the molecule is COc1c(Nc2ncc(Cl)c(Nc3ccccc3P(C)(C)=O)n2)ccc[n+]1N1CC2(CCC2)C1.COc1c(Nc2ncc(Cl)c(Nc3ccccc3P(C)(C)=O)n2)ccc[n+]1N1CC2(COC2)C1. The topological polar surface area (TPSA) is 176 Å². The van der Waals surface area contributed by atoms with Crippen molar-refractivity contribution in [3.63, 3.8) is 0 Å². The van der Waals surface area contributed by atoms with Crippen molar-refractivity contribution >= 4 is 94.4 Å². The van der Waals surface area contributed by atoms with Crippen LogP contribution in [0.25, 0.3) is 0 Å². The highest BCUT2D eigenvalue weighted by atomic mass is 35.5. The average Bonchev–Trinajstić information content (AvgIpc) is 3.24. The molecule has 4 aliphatic rings. The Labute approximate surface area is 406 Å². The van der Waals surface area contributed by atoms with Gasteiger partial charge in [0.25, 0.3) is 0 Å². The maximum Gasteiger partial charge on any atom is 0.421 e. The summed E-state index contributed by atoms with van der Waals surface area (Å²) in [5.74, 6) is 2.90. The van der Waals surface area contributed by atoms with Crippen LogP contribution in [-0.4, -0.2) is 100 Å². The summed E-state index contributed by atoms with van der Waals surface area (Å²) in [5.41, 5.74) is 3.65. The van der Waals surface area contributed by atoms with Crippen LogP contribution in [0.3, 0.4) is 0 Å². The smallest absolute Gasteiger partial charge is 0.421 e. The Balaban J connectivity index is 0.000000170. The number of aromatic nitrogens is 6. The summed E-state index contributed by atoms with van der Waals surface area (Å²) >= 11 is 12.8. The molecule has 17 nitrogen and oxygen atoms in total. The fourth-order valence-electron chi connectivity index (χ4n) is 8.96. The van der Waals surface area contributed by atoms with Gasteiger partial charge in [-0.1, -0.05) is 53.9 Å². The molecule has 0 bridgehead atoms. The van der Waals surface area contributed by atoms with Crippen LogP contribution < -0.4 is 60.7 Å². The first-order chi connectivity index (χ1) is 32.6. The third kappa shape index (κ3) is 9.91. The highest BCUT2D eigenvalue weighted by molar-refractivity contribution is 7.70. The van der Waals surface area contributed by atoms with Crippen molar-refractivity contribution in [1.29, 1.82) is 0 Å². The Kier molecular flexibility index (Phi) is 13.2. The van der Waals surface area contributed by atoms with Crippen LogP contribution in [0.2, 0.25) is 10.0 Å². The molecule has 1 aliphatic carbocycles. The van der Waals surface area contributed by atoms with Crippen LogP contribution in [0.15, 0.2) is 97.6 Å². The largest absolute Gasteiger partial charge is 0.444 e. The minimum atomic E-state index is -2.50. The van der Waals surface area contributed by atoms with E-state index in [9.17, 15) is 9.13 Å². The number of hydrogen-bond acceptors (Lipinski definition) is 15. The van der Waals surface area contributed by atoms with E-state index < -0.39 is 14.3 Å². The molecule has 1 saturated carbocycles. The van der Waals surface area contributed by atoms with Gasteiger partial charge < -0.3 is 44.6 Å². The number of ether oxygens (including phenoxy) is 3. The van der Waals surface area contributed by atoms with Gasteiger partial charge in [-0.15, -0.1) is 0 Å². The van der Waals surface area contributed by atoms with E-state index in [4.69, 9.17) is 37.4 Å². The normalized spacial score (nSPS) is 16.5. The number of pyridine rings is 2. The van der Waals surface area contributed by atoms with Crippen molar-refractivity contribution in [1.82, 2.24) is 19.9 Å². The van der Waals surface area contributed by atoms with Gasteiger partial charge in [-0.3, -0.25) is 0 Å². The zero-order valence-corrected chi connectivity index (χ0v) is 42.2. The summed E-state index contributed by atoms with van der Waals surface area (Å²) in [5, 5.41) is 19.7. The predicted molar refractivity (Wildman–Crippen MR) is 270 cm³/mol. The maximum absolute atomic E-state index is 12.7. The Hall–Kier alpha value is -5.70. The molecule has 356 valence electrons. The monoisotopic (exact) mass is 1000 g/mol. The van der Waals surface area contributed by atoms with Crippen molar-refractivity contribution in [2.75, 3.05) is 112 Å². The van der Waals surface area contributed by atoms with E-state index >= 15 is 0 Å². The van der Waals surface area contributed by atoms with Crippen molar-refractivity contribution < 1.29 is 32.7 Å². The molecule has 0 radical (unpaired) electrons. The predicted octanol–water partition coefficient (Wildman–Crippen LogP) is 7.41. The molecular formula is C47H56Cl2N12O5P2+2. The van der Waals surface area contributed by atoms with Crippen LogP contribution in [0.1, 0.15) is 19.3 Å². The number of nitrogens with one attached hydrogen (secondary N) is 4.